The lowest BCUT2D eigenvalue weighted by atomic mass is 10.1. The lowest BCUT2D eigenvalue weighted by Gasteiger charge is -2.12. The average molecular weight is 487 g/mol. The number of nitriles is 1. The standard InChI is InChI=1S/C26H22N4O4S/c1-16-5-7-18(8-6-16)35(31,32)30-23(11-19-17(14-27)9-10-28-26(19)30)21-15-29(2)22-13-25(34-4)24(33-3)12-20(21)22/h5-13,15H,1-4H3. The van der Waals surface area contributed by atoms with E-state index in [0.717, 1.165) is 16.5 Å². The Hall–Kier alpha value is -4.29. The third-order valence-electron chi connectivity index (χ3n) is 6.11. The van der Waals surface area contributed by atoms with Crippen LogP contribution in [0.25, 0.3) is 33.2 Å². The van der Waals surface area contributed by atoms with Crippen LogP contribution in [-0.4, -0.2) is 36.2 Å². The molecule has 0 fully saturated rings. The van der Waals surface area contributed by atoms with Gasteiger partial charge >= 0.3 is 0 Å². The van der Waals surface area contributed by atoms with Crippen LogP contribution in [0.15, 0.2) is 65.8 Å². The molecule has 8 nitrogen and oxygen atoms in total. The molecule has 35 heavy (non-hydrogen) atoms. The van der Waals surface area contributed by atoms with Gasteiger partial charge in [-0.25, -0.2) is 17.4 Å². The van der Waals surface area contributed by atoms with Crippen LogP contribution in [0.1, 0.15) is 11.1 Å². The van der Waals surface area contributed by atoms with Gasteiger partial charge in [-0.3, -0.25) is 0 Å². The quantitative estimate of drug-likeness (QED) is 0.359. The SMILES string of the molecule is COc1cc2c(-c3cc4c(C#N)ccnc4n3S(=O)(=O)c3ccc(C)cc3)cn(C)c2cc1OC. The van der Waals surface area contributed by atoms with E-state index in [9.17, 15) is 13.7 Å². The fraction of sp³-hybridized carbons (Fsp3) is 0.154. The van der Waals surface area contributed by atoms with Gasteiger partial charge in [-0.15, -0.1) is 0 Å². The molecule has 0 radical (unpaired) electrons. The first-order valence-electron chi connectivity index (χ1n) is 10.7. The van der Waals surface area contributed by atoms with E-state index in [0.29, 0.717) is 33.7 Å². The van der Waals surface area contributed by atoms with Crippen molar-refractivity contribution < 1.29 is 17.9 Å². The summed E-state index contributed by atoms with van der Waals surface area (Å²) in [4.78, 5) is 4.50. The molecule has 176 valence electrons. The minimum Gasteiger partial charge on any atom is -0.493 e. The molecule has 0 spiro atoms. The maximum absolute atomic E-state index is 14.0. The zero-order valence-electron chi connectivity index (χ0n) is 19.6. The Balaban J connectivity index is 1.90. The minimum absolute atomic E-state index is 0.130. The number of aryl methyl sites for hydroxylation is 2. The highest BCUT2D eigenvalue weighted by Crippen LogP contribution is 2.41. The molecule has 0 N–H and O–H groups in total. The zero-order valence-corrected chi connectivity index (χ0v) is 20.4. The number of rotatable bonds is 5. The van der Waals surface area contributed by atoms with Gasteiger partial charge in [0.25, 0.3) is 10.0 Å². The lowest BCUT2D eigenvalue weighted by molar-refractivity contribution is 0.355. The third kappa shape index (κ3) is 3.42. The first kappa shape index (κ1) is 22.5. The van der Waals surface area contributed by atoms with E-state index in [2.05, 4.69) is 11.1 Å². The molecule has 5 rings (SSSR count). The number of pyridine rings is 1. The second-order valence-electron chi connectivity index (χ2n) is 8.20. The number of methoxy groups -OCH3 is 2. The number of aromatic nitrogens is 3. The van der Waals surface area contributed by atoms with Gasteiger partial charge < -0.3 is 14.0 Å². The molecule has 0 amide bonds. The number of hydrogen-bond acceptors (Lipinski definition) is 6. The van der Waals surface area contributed by atoms with Crippen LogP contribution in [-0.2, 0) is 17.1 Å². The van der Waals surface area contributed by atoms with Crippen molar-refractivity contribution >= 4 is 32.0 Å². The highest BCUT2D eigenvalue weighted by molar-refractivity contribution is 7.90. The van der Waals surface area contributed by atoms with E-state index >= 15 is 0 Å². The van der Waals surface area contributed by atoms with Gasteiger partial charge in [-0.1, -0.05) is 17.7 Å². The van der Waals surface area contributed by atoms with Gasteiger partial charge in [-0.2, -0.15) is 5.26 Å². The number of benzene rings is 2. The number of fused-ring (bicyclic) bond motifs is 2. The Bertz CT molecular complexity index is 1760. The molecule has 3 heterocycles. The van der Waals surface area contributed by atoms with Crippen LogP contribution in [0.3, 0.4) is 0 Å². The fourth-order valence-electron chi connectivity index (χ4n) is 4.33. The average Bonchev–Trinajstić information content (AvgIpc) is 3.41. The van der Waals surface area contributed by atoms with Crippen molar-refractivity contribution in [3.63, 3.8) is 0 Å². The normalized spacial score (nSPS) is 11.6. The molecule has 0 atom stereocenters. The molecule has 0 saturated heterocycles. The van der Waals surface area contributed by atoms with Gasteiger partial charge in [-0.05, 0) is 37.3 Å². The predicted octanol–water partition coefficient (Wildman–Crippen LogP) is 4.63. The van der Waals surface area contributed by atoms with Crippen LogP contribution >= 0.6 is 0 Å². The maximum Gasteiger partial charge on any atom is 0.269 e. The fourth-order valence-corrected chi connectivity index (χ4v) is 5.81. The Morgan fingerprint density at radius 1 is 0.971 bits per heavy atom. The minimum atomic E-state index is -4.05. The Kier molecular flexibility index (Phi) is 5.26. The summed E-state index contributed by atoms with van der Waals surface area (Å²) < 4.78 is 42.0. The van der Waals surface area contributed by atoms with Crippen molar-refractivity contribution in [1.29, 1.82) is 5.26 Å². The second kappa shape index (κ2) is 8.18. The van der Waals surface area contributed by atoms with Crippen molar-refractivity contribution in [2.45, 2.75) is 11.8 Å². The van der Waals surface area contributed by atoms with Crippen molar-refractivity contribution in [2.24, 2.45) is 7.05 Å². The Morgan fingerprint density at radius 2 is 1.66 bits per heavy atom. The monoisotopic (exact) mass is 486 g/mol. The summed E-state index contributed by atoms with van der Waals surface area (Å²) in [6.45, 7) is 1.89. The second-order valence-corrected chi connectivity index (χ2v) is 9.98. The Morgan fingerprint density at radius 3 is 2.31 bits per heavy atom. The van der Waals surface area contributed by atoms with E-state index in [-0.39, 0.29) is 10.5 Å². The first-order valence-corrected chi connectivity index (χ1v) is 12.2. The molecule has 2 aromatic carbocycles. The van der Waals surface area contributed by atoms with Crippen LogP contribution in [0.5, 0.6) is 11.5 Å². The van der Waals surface area contributed by atoms with Gasteiger partial charge in [0.1, 0.15) is 0 Å². The summed E-state index contributed by atoms with van der Waals surface area (Å²) in [5.74, 6) is 1.08. The van der Waals surface area contributed by atoms with Crippen molar-refractivity contribution in [3.8, 4) is 28.8 Å². The first-order chi connectivity index (χ1) is 16.8. The molecule has 0 bridgehead atoms. The van der Waals surface area contributed by atoms with Crippen LogP contribution in [0.2, 0.25) is 0 Å². The molecule has 0 unspecified atom stereocenters. The van der Waals surface area contributed by atoms with E-state index < -0.39 is 10.0 Å². The predicted molar refractivity (Wildman–Crippen MR) is 133 cm³/mol. The molecule has 0 aliphatic rings. The summed E-state index contributed by atoms with van der Waals surface area (Å²) in [6.07, 6.45) is 3.30. The van der Waals surface area contributed by atoms with Crippen LogP contribution in [0.4, 0.5) is 0 Å². The summed E-state index contributed by atoms with van der Waals surface area (Å²) in [5, 5.41) is 10.9. The zero-order chi connectivity index (χ0) is 24.9. The molecule has 0 aliphatic carbocycles. The molecule has 0 aliphatic heterocycles. The van der Waals surface area contributed by atoms with Gasteiger partial charge in [0.05, 0.1) is 42.0 Å². The molecule has 3 aromatic heterocycles. The molecule has 0 saturated carbocycles. The number of nitrogens with zero attached hydrogens (tertiary/aromatic N) is 4. The van der Waals surface area contributed by atoms with Gasteiger partial charge in [0, 0.05) is 41.8 Å². The summed E-state index contributed by atoms with van der Waals surface area (Å²) >= 11 is 0. The molecule has 5 aromatic rings. The smallest absolute Gasteiger partial charge is 0.269 e. The van der Waals surface area contributed by atoms with E-state index in [1.54, 1.807) is 50.6 Å². The van der Waals surface area contributed by atoms with E-state index in [1.165, 1.54) is 10.2 Å². The molecular weight excluding hydrogens is 464 g/mol. The summed E-state index contributed by atoms with van der Waals surface area (Å²) in [5.41, 5.74) is 3.36. The number of hydrogen-bond donors (Lipinski definition) is 0. The number of ether oxygens (including phenoxy) is 2. The maximum atomic E-state index is 14.0. The summed E-state index contributed by atoms with van der Waals surface area (Å²) in [6, 6.07) is 15.7. The van der Waals surface area contributed by atoms with Gasteiger partial charge in [0.15, 0.2) is 17.1 Å². The molecular formula is C26H22N4O4S. The van der Waals surface area contributed by atoms with Crippen LogP contribution < -0.4 is 9.47 Å². The highest BCUT2D eigenvalue weighted by Gasteiger charge is 2.27. The lowest BCUT2D eigenvalue weighted by Crippen LogP contribution is -2.14. The van der Waals surface area contributed by atoms with Crippen molar-refractivity contribution in [3.05, 3.63) is 72.1 Å². The largest absolute Gasteiger partial charge is 0.493 e. The highest BCUT2D eigenvalue weighted by atomic mass is 32.2. The summed E-state index contributed by atoms with van der Waals surface area (Å²) in [7, 11) is 0.936. The third-order valence-corrected chi connectivity index (χ3v) is 7.83. The molecule has 9 heteroatoms. The van der Waals surface area contributed by atoms with Crippen LogP contribution in [0, 0.1) is 18.3 Å². The Labute approximate surface area is 202 Å². The van der Waals surface area contributed by atoms with Crippen molar-refractivity contribution in [1.82, 2.24) is 13.5 Å². The van der Waals surface area contributed by atoms with Gasteiger partial charge in [0.2, 0.25) is 0 Å². The van der Waals surface area contributed by atoms with E-state index in [1.807, 2.05) is 36.9 Å². The topological polar surface area (TPSA) is 99.1 Å². The van der Waals surface area contributed by atoms with E-state index in [4.69, 9.17) is 9.47 Å². The van der Waals surface area contributed by atoms with Crippen molar-refractivity contribution in [2.75, 3.05) is 14.2 Å².